The first-order chi connectivity index (χ1) is 8.55. The molecule has 5 heteroatoms. The Balaban J connectivity index is 2.38. The Labute approximate surface area is 103 Å². The number of ether oxygens (including phenoxy) is 2. The van der Waals surface area contributed by atoms with Gasteiger partial charge in [0.25, 0.3) is 0 Å². The van der Waals surface area contributed by atoms with E-state index in [1.807, 2.05) is 0 Å². The molecule has 0 aliphatic carbocycles. The van der Waals surface area contributed by atoms with Crippen LogP contribution in [0.2, 0.25) is 0 Å². The molecular weight excluding hydrogens is 242 g/mol. The fourth-order valence-electron chi connectivity index (χ4n) is 1.76. The fraction of sp³-hybridized carbons (Fsp3) is 0.308. The van der Waals surface area contributed by atoms with Gasteiger partial charge < -0.3 is 9.47 Å². The molecular formula is C13H12F2O3. The lowest BCUT2D eigenvalue weighted by Gasteiger charge is -2.31. The van der Waals surface area contributed by atoms with E-state index in [1.165, 1.54) is 12.1 Å². The Morgan fingerprint density at radius 2 is 2.00 bits per heavy atom. The summed E-state index contributed by atoms with van der Waals surface area (Å²) in [5.74, 6) is -4.82. The molecule has 1 aliphatic heterocycles. The minimum atomic E-state index is -3.36. The molecule has 18 heavy (non-hydrogen) atoms. The minimum absolute atomic E-state index is 0.0657. The zero-order valence-corrected chi connectivity index (χ0v) is 9.73. The van der Waals surface area contributed by atoms with Crippen molar-refractivity contribution >= 4 is 5.97 Å². The standard InChI is InChI=1S/C13H12F2O3/c1-2-17-10-8-11(16)18-12(13(10,14)15)9-6-4-3-5-7-9/h3-8,12H,2H2,1H3. The van der Waals surface area contributed by atoms with Crippen LogP contribution in [0.15, 0.2) is 42.2 Å². The van der Waals surface area contributed by atoms with Crippen LogP contribution in [0.25, 0.3) is 0 Å². The summed E-state index contributed by atoms with van der Waals surface area (Å²) in [5.41, 5.74) is 0.237. The maximum absolute atomic E-state index is 14.1. The largest absolute Gasteiger partial charge is 0.491 e. The third kappa shape index (κ3) is 2.20. The van der Waals surface area contributed by atoms with E-state index in [9.17, 15) is 13.6 Å². The molecule has 0 N–H and O–H groups in total. The summed E-state index contributed by atoms with van der Waals surface area (Å²) in [6.45, 7) is 1.64. The van der Waals surface area contributed by atoms with E-state index < -0.39 is 23.8 Å². The second-order valence-electron chi connectivity index (χ2n) is 3.79. The topological polar surface area (TPSA) is 35.5 Å². The Morgan fingerprint density at radius 1 is 1.33 bits per heavy atom. The third-order valence-corrected chi connectivity index (χ3v) is 2.54. The molecule has 0 saturated carbocycles. The average Bonchev–Trinajstić information content (AvgIpc) is 2.35. The highest BCUT2D eigenvalue weighted by atomic mass is 19.3. The van der Waals surface area contributed by atoms with Gasteiger partial charge in [0.2, 0.25) is 0 Å². The molecule has 96 valence electrons. The maximum Gasteiger partial charge on any atom is 0.344 e. The van der Waals surface area contributed by atoms with Crippen molar-refractivity contribution < 1.29 is 23.0 Å². The molecule has 0 saturated heterocycles. The summed E-state index contributed by atoms with van der Waals surface area (Å²) in [7, 11) is 0. The van der Waals surface area contributed by atoms with Crippen molar-refractivity contribution in [3.05, 3.63) is 47.7 Å². The van der Waals surface area contributed by atoms with Crippen LogP contribution in [0.5, 0.6) is 0 Å². The number of cyclic esters (lactones) is 1. The first-order valence-corrected chi connectivity index (χ1v) is 5.54. The van der Waals surface area contributed by atoms with Crippen molar-refractivity contribution in [2.24, 2.45) is 0 Å². The molecule has 1 atom stereocenters. The lowest BCUT2D eigenvalue weighted by atomic mass is 10.00. The summed E-state index contributed by atoms with van der Waals surface area (Å²) in [4.78, 5) is 11.3. The van der Waals surface area contributed by atoms with Gasteiger partial charge in [-0.15, -0.1) is 0 Å². The van der Waals surface area contributed by atoms with Gasteiger partial charge in [0, 0.05) is 0 Å². The number of benzene rings is 1. The van der Waals surface area contributed by atoms with Gasteiger partial charge in [-0.2, -0.15) is 8.78 Å². The molecule has 2 rings (SSSR count). The zero-order chi connectivity index (χ0) is 13.2. The highest BCUT2D eigenvalue weighted by Gasteiger charge is 2.51. The monoisotopic (exact) mass is 254 g/mol. The quantitative estimate of drug-likeness (QED) is 0.778. The Hall–Kier alpha value is -1.91. The number of alkyl halides is 2. The molecule has 1 unspecified atom stereocenters. The highest BCUT2D eigenvalue weighted by Crippen LogP contribution is 2.43. The van der Waals surface area contributed by atoms with E-state index in [4.69, 9.17) is 9.47 Å². The van der Waals surface area contributed by atoms with Gasteiger partial charge in [-0.05, 0) is 12.5 Å². The van der Waals surface area contributed by atoms with Gasteiger partial charge in [0.05, 0.1) is 12.7 Å². The van der Waals surface area contributed by atoms with Crippen LogP contribution in [-0.4, -0.2) is 18.5 Å². The van der Waals surface area contributed by atoms with Gasteiger partial charge in [0.15, 0.2) is 11.9 Å². The smallest absolute Gasteiger partial charge is 0.344 e. The Bertz CT molecular complexity index is 468. The second-order valence-corrected chi connectivity index (χ2v) is 3.79. The first kappa shape index (κ1) is 12.5. The predicted octanol–water partition coefficient (Wildman–Crippen LogP) is 2.84. The molecule has 1 aromatic rings. The number of halogens is 2. The van der Waals surface area contributed by atoms with E-state index in [0.717, 1.165) is 0 Å². The van der Waals surface area contributed by atoms with Crippen LogP contribution in [-0.2, 0) is 14.3 Å². The van der Waals surface area contributed by atoms with Crippen molar-refractivity contribution in [2.75, 3.05) is 6.61 Å². The number of esters is 1. The molecule has 3 nitrogen and oxygen atoms in total. The van der Waals surface area contributed by atoms with Crippen molar-refractivity contribution in [3.63, 3.8) is 0 Å². The molecule has 0 radical (unpaired) electrons. The molecule has 0 aromatic heterocycles. The third-order valence-electron chi connectivity index (χ3n) is 2.54. The number of hydrogen-bond acceptors (Lipinski definition) is 3. The fourth-order valence-corrected chi connectivity index (χ4v) is 1.76. The Kier molecular flexibility index (Phi) is 3.32. The maximum atomic E-state index is 14.1. The molecule has 0 bridgehead atoms. The van der Waals surface area contributed by atoms with Crippen LogP contribution in [0.4, 0.5) is 8.78 Å². The number of hydrogen-bond donors (Lipinski definition) is 0. The van der Waals surface area contributed by atoms with E-state index in [-0.39, 0.29) is 12.2 Å². The Morgan fingerprint density at radius 3 is 2.61 bits per heavy atom. The lowest BCUT2D eigenvalue weighted by Crippen LogP contribution is -2.37. The zero-order valence-electron chi connectivity index (χ0n) is 9.73. The minimum Gasteiger partial charge on any atom is -0.491 e. The summed E-state index contributed by atoms with van der Waals surface area (Å²) < 4.78 is 37.8. The van der Waals surface area contributed by atoms with Gasteiger partial charge >= 0.3 is 11.9 Å². The molecule has 0 amide bonds. The van der Waals surface area contributed by atoms with Crippen molar-refractivity contribution in [1.29, 1.82) is 0 Å². The summed E-state index contributed by atoms with van der Waals surface area (Å²) in [5, 5.41) is 0. The van der Waals surface area contributed by atoms with Crippen molar-refractivity contribution in [2.45, 2.75) is 19.0 Å². The van der Waals surface area contributed by atoms with Crippen LogP contribution >= 0.6 is 0 Å². The van der Waals surface area contributed by atoms with E-state index in [1.54, 1.807) is 25.1 Å². The van der Waals surface area contributed by atoms with Crippen LogP contribution in [0.1, 0.15) is 18.6 Å². The highest BCUT2D eigenvalue weighted by molar-refractivity contribution is 5.84. The number of carbonyl (C=O) groups is 1. The van der Waals surface area contributed by atoms with Crippen LogP contribution in [0, 0.1) is 0 Å². The molecule has 1 aromatic carbocycles. The van der Waals surface area contributed by atoms with Crippen LogP contribution < -0.4 is 0 Å². The van der Waals surface area contributed by atoms with Gasteiger partial charge in [-0.3, -0.25) is 0 Å². The predicted molar refractivity (Wildman–Crippen MR) is 59.9 cm³/mol. The lowest BCUT2D eigenvalue weighted by molar-refractivity contribution is -0.177. The summed E-state index contributed by atoms with van der Waals surface area (Å²) in [6, 6.07) is 7.89. The van der Waals surface area contributed by atoms with Gasteiger partial charge in [-0.1, -0.05) is 30.3 Å². The molecule has 1 heterocycles. The van der Waals surface area contributed by atoms with E-state index >= 15 is 0 Å². The first-order valence-electron chi connectivity index (χ1n) is 5.54. The molecule has 0 fully saturated rings. The van der Waals surface area contributed by atoms with Gasteiger partial charge in [0.1, 0.15) is 0 Å². The van der Waals surface area contributed by atoms with Gasteiger partial charge in [-0.25, -0.2) is 4.79 Å². The molecule has 0 spiro atoms. The van der Waals surface area contributed by atoms with Crippen molar-refractivity contribution in [1.82, 2.24) is 0 Å². The number of rotatable bonds is 3. The summed E-state index contributed by atoms with van der Waals surface area (Å²) in [6.07, 6.45) is -0.944. The van der Waals surface area contributed by atoms with Crippen LogP contribution in [0.3, 0.4) is 0 Å². The summed E-state index contributed by atoms with van der Waals surface area (Å²) >= 11 is 0. The second kappa shape index (κ2) is 4.76. The number of carbonyl (C=O) groups excluding carboxylic acids is 1. The van der Waals surface area contributed by atoms with E-state index in [0.29, 0.717) is 6.08 Å². The SMILES string of the molecule is CCOC1=CC(=O)OC(c2ccccc2)C1(F)F. The normalized spacial score (nSPS) is 22.1. The molecule has 1 aliphatic rings. The van der Waals surface area contributed by atoms with Crippen molar-refractivity contribution in [3.8, 4) is 0 Å². The van der Waals surface area contributed by atoms with E-state index in [2.05, 4.69) is 0 Å². The average molecular weight is 254 g/mol.